The van der Waals surface area contributed by atoms with Crippen molar-refractivity contribution < 1.29 is 14.3 Å². The fraction of sp³-hybridized carbons (Fsp3) is 0.391. The first-order chi connectivity index (χ1) is 13.7. The molecule has 0 aliphatic carbocycles. The quantitative estimate of drug-likeness (QED) is 0.749. The van der Waals surface area contributed by atoms with E-state index in [-0.39, 0.29) is 5.91 Å². The number of fused-ring (bicyclic) bond motifs is 1. The van der Waals surface area contributed by atoms with Crippen LogP contribution in [-0.2, 0) is 11.3 Å². The molecule has 1 heterocycles. The van der Waals surface area contributed by atoms with Gasteiger partial charge in [-0.25, -0.2) is 4.79 Å². The summed E-state index contributed by atoms with van der Waals surface area (Å²) in [7, 11) is 0. The number of rotatable bonds is 3. The van der Waals surface area contributed by atoms with E-state index in [0.29, 0.717) is 23.9 Å². The van der Waals surface area contributed by atoms with E-state index in [1.165, 1.54) is 0 Å². The van der Waals surface area contributed by atoms with Gasteiger partial charge in [0, 0.05) is 28.8 Å². The maximum absolute atomic E-state index is 13.2. The third kappa shape index (κ3) is 5.76. The fourth-order valence-electron chi connectivity index (χ4n) is 3.11. The number of para-hydroxylation sites is 1. The maximum Gasteiger partial charge on any atom is 0.407 e. The summed E-state index contributed by atoms with van der Waals surface area (Å²) in [4.78, 5) is 28.0. The van der Waals surface area contributed by atoms with Crippen molar-refractivity contribution in [3.8, 4) is 0 Å². The van der Waals surface area contributed by atoms with E-state index in [2.05, 4.69) is 18.3 Å². The first-order valence-electron chi connectivity index (χ1n) is 9.86. The Morgan fingerprint density at radius 1 is 1.14 bits per heavy atom. The number of anilines is 1. The van der Waals surface area contributed by atoms with Crippen molar-refractivity contribution in [3.05, 3.63) is 59.7 Å². The lowest BCUT2D eigenvalue weighted by atomic mass is 10.1. The molecule has 1 N–H and O–H groups in total. The molecule has 1 atom stereocenters. The molecule has 1 aliphatic heterocycles. The molecule has 29 heavy (non-hydrogen) atoms. The van der Waals surface area contributed by atoms with E-state index in [9.17, 15) is 9.59 Å². The van der Waals surface area contributed by atoms with Gasteiger partial charge >= 0.3 is 6.09 Å². The number of hydrogen-bond donors (Lipinski definition) is 1. The maximum atomic E-state index is 13.2. The van der Waals surface area contributed by atoms with Crippen molar-refractivity contribution >= 4 is 29.4 Å². The van der Waals surface area contributed by atoms with Crippen LogP contribution in [0, 0.1) is 0 Å². The number of nitrogens with zero attached hydrogens (tertiary/aromatic N) is 1. The van der Waals surface area contributed by atoms with Crippen molar-refractivity contribution in [1.29, 1.82) is 0 Å². The van der Waals surface area contributed by atoms with Gasteiger partial charge in [-0.3, -0.25) is 4.79 Å². The first-order valence-corrected chi connectivity index (χ1v) is 10.7. The minimum Gasteiger partial charge on any atom is -0.444 e. The van der Waals surface area contributed by atoms with Crippen LogP contribution in [0.5, 0.6) is 0 Å². The zero-order chi connectivity index (χ0) is 21.0. The van der Waals surface area contributed by atoms with Crippen molar-refractivity contribution in [2.45, 2.75) is 56.4 Å². The van der Waals surface area contributed by atoms with E-state index in [4.69, 9.17) is 4.74 Å². The smallest absolute Gasteiger partial charge is 0.407 e. The molecule has 0 saturated carbocycles. The van der Waals surface area contributed by atoms with Gasteiger partial charge in [0.15, 0.2) is 0 Å². The predicted molar refractivity (Wildman–Crippen MR) is 118 cm³/mol. The molecule has 1 aliphatic rings. The van der Waals surface area contributed by atoms with Gasteiger partial charge in [0.25, 0.3) is 5.91 Å². The van der Waals surface area contributed by atoms with Gasteiger partial charge in [0.05, 0.1) is 5.69 Å². The lowest BCUT2D eigenvalue weighted by Crippen LogP contribution is -2.32. The SMILES string of the molecule is CC1CCN(C(=O)c2ccc(CNC(=O)OC(C)(C)C)cc2)c2ccccc2S1. The molecular weight excluding hydrogens is 384 g/mol. The van der Waals surface area contributed by atoms with Crippen LogP contribution in [0.1, 0.15) is 50.0 Å². The monoisotopic (exact) mass is 412 g/mol. The van der Waals surface area contributed by atoms with Crippen molar-refractivity contribution in [1.82, 2.24) is 5.32 Å². The summed E-state index contributed by atoms with van der Waals surface area (Å²) >= 11 is 1.82. The Labute approximate surface area is 176 Å². The summed E-state index contributed by atoms with van der Waals surface area (Å²) in [5, 5.41) is 3.20. The van der Waals surface area contributed by atoms with Crippen LogP contribution in [0.3, 0.4) is 0 Å². The van der Waals surface area contributed by atoms with Gasteiger partial charge in [-0.1, -0.05) is 31.2 Å². The topological polar surface area (TPSA) is 58.6 Å². The largest absolute Gasteiger partial charge is 0.444 e. The lowest BCUT2D eigenvalue weighted by Gasteiger charge is -2.22. The van der Waals surface area contributed by atoms with E-state index >= 15 is 0 Å². The average molecular weight is 413 g/mol. The Bertz CT molecular complexity index is 874. The first kappa shape index (κ1) is 21.2. The Hall–Kier alpha value is -2.47. The number of thioether (sulfide) groups is 1. The van der Waals surface area contributed by atoms with Gasteiger partial charge in [0.2, 0.25) is 0 Å². The lowest BCUT2D eigenvalue weighted by molar-refractivity contribution is 0.0523. The number of carbonyl (C=O) groups excluding carboxylic acids is 2. The zero-order valence-corrected chi connectivity index (χ0v) is 18.2. The van der Waals surface area contributed by atoms with Crippen molar-refractivity contribution in [3.63, 3.8) is 0 Å². The Kier molecular flexibility index (Phi) is 6.52. The number of benzene rings is 2. The van der Waals surface area contributed by atoms with Gasteiger partial charge < -0.3 is 15.0 Å². The predicted octanol–water partition coefficient (Wildman–Crippen LogP) is 5.24. The Morgan fingerprint density at radius 3 is 2.52 bits per heavy atom. The van der Waals surface area contributed by atoms with Gasteiger partial charge in [-0.15, -0.1) is 11.8 Å². The molecule has 0 aromatic heterocycles. The molecule has 3 rings (SSSR count). The minimum absolute atomic E-state index is 0.00111. The van der Waals surface area contributed by atoms with E-state index in [0.717, 1.165) is 22.6 Å². The molecule has 0 bridgehead atoms. The molecule has 2 aromatic rings. The molecule has 0 fully saturated rings. The second-order valence-corrected chi connectivity index (χ2v) is 9.67. The summed E-state index contributed by atoms with van der Waals surface area (Å²) in [6.07, 6.45) is 0.494. The van der Waals surface area contributed by atoms with Crippen LogP contribution < -0.4 is 10.2 Å². The van der Waals surface area contributed by atoms with Crippen LogP contribution >= 0.6 is 11.8 Å². The molecule has 154 valence electrons. The molecule has 5 nitrogen and oxygen atoms in total. The summed E-state index contributed by atoms with van der Waals surface area (Å²) in [5.74, 6) is -0.00111. The molecule has 0 radical (unpaired) electrons. The molecule has 0 saturated heterocycles. The average Bonchev–Trinajstić information content (AvgIpc) is 2.83. The van der Waals surface area contributed by atoms with Crippen LogP contribution in [-0.4, -0.2) is 29.4 Å². The van der Waals surface area contributed by atoms with E-state index in [1.54, 1.807) is 0 Å². The van der Waals surface area contributed by atoms with E-state index in [1.807, 2.05) is 79.9 Å². The standard InChI is InChI=1S/C23H28N2O3S/c1-16-13-14-25(19-7-5-6-8-20(19)29-16)21(26)18-11-9-17(10-12-18)15-24-22(27)28-23(2,3)4/h5-12,16H,13-15H2,1-4H3,(H,24,27). The fourth-order valence-corrected chi connectivity index (χ4v) is 4.22. The van der Waals surface area contributed by atoms with Gasteiger partial charge in [-0.2, -0.15) is 0 Å². The normalized spacial score (nSPS) is 16.6. The van der Waals surface area contributed by atoms with Crippen molar-refractivity contribution in [2.75, 3.05) is 11.4 Å². The number of carbonyl (C=O) groups is 2. The van der Waals surface area contributed by atoms with Crippen LogP contribution in [0.4, 0.5) is 10.5 Å². The number of nitrogens with one attached hydrogen (secondary N) is 1. The highest BCUT2D eigenvalue weighted by Gasteiger charge is 2.25. The summed E-state index contributed by atoms with van der Waals surface area (Å²) in [6.45, 7) is 8.73. The van der Waals surface area contributed by atoms with Crippen LogP contribution in [0.2, 0.25) is 0 Å². The number of ether oxygens (including phenoxy) is 1. The van der Waals surface area contributed by atoms with Crippen LogP contribution in [0.25, 0.3) is 0 Å². The Balaban J connectivity index is 1.68. The second kappa shape index (κ2) is 8.91. The minimum atomic E-state index is -0.528. The third-order valence-electron chi connectivity index (χ3n) is 4.53. The third-order valence-corrected chi connectivity index (χ3v) is 5.76. The molecule has 2 amide bonds. The number of hydrogen-bond acceptors (Lipinski definition) is 4. The summed E-state index contributed by atoms with van der Waals surface area (Å²) in [5.41, 5.74) is 2.00. The zero-order valence-electron chi connectivity index (χ0n) is 17.4. The summed E-state index contributed by atoms with van der Waals surface area (Å²) < 4.78 is 5.24. The number of amides is 2. The molecule has 2 aromatic carbocycles. The number of alkyl carbamates (subject to hydrolysis) is 1. The Morgan fingerprint density at radius 2 is 1.83 bits per heavy atom. The van der Waals surface area contributed by atoms with Gasteiger partial charge in [-0.05, 0) is 57.0 Å². The van der Waals surface area contributed by atoms with Crippen LogP contribution in [0.15, 0.2) is 53.4 Å². The highest BCUT2D eigenvalue weighted by Crippen LogP contribution is 2.37. The highest BCUT2D eigenvalue weighted by molar-refractivity contribution is 8.00. The van der Waals surface area contributed by atoms with Gasteiger partial charge in [0.1, 0.15) is 5.60 Å². The highest BCUT2D eigenvalue weighted by atomic mass is 32.2. The van der Waals surface area contributed by atoms with E-state index < -0.39 is 11.7 Å². The molecule has 0 spiro atoms. The second-order valence-electron chi connectivity index (χ2n) is 8.19. The molecule has 1 unspecified atom stereocenters. The van der Waals surface area contributed by atoms with Crippen molar-refractivity contribution in [2.24, 2.45) is 0 Å². The molecular formula is C23H28N2O3S. The molecule has 6 heteroatoms. The summed E-state index contributed by atoms with van der Waals surface area (Å²) in [6, 6.07) is 15.4.